The lowest BCUT2D eigenvalue weighted by atomic mass is 9.44. The fourth-order valence-electron chi connectivity index (χ4n) is 6.10. The van der Waals surface area contributed by atoms with Crippen molar-refractivity contribution in [3.63, 3.8) is 0 Å². The fraction of sp³-hybridized carbons (Fsp3) is 0.938. The van der Waals surface area contributed by atoms with Gasteiger partial charge in [0.2, 0.25) is 5.91 Å². The topological polar surface area (TPSA) is 41.1 Å². The molecule has 3 atom stereocenters. The molecular formula is C16H26N2O. The van der Waals surface area contributed by atoms with E-state index in [0.717, 1.165) is 37.8 Å². The van der Waals surface area contributed by atoms with Gasteiger partial charge in [-0.1, -0.05) is 6.92 Å². The Morgan fingerprint density at radius 2 is 1.95 bits per heavy atom. The lowest BCUT2D eigenvalue weighted by molar-refractivity contribution is -0.155. The Balaban J connectivity index is 1.54. The minimum absolute atomic E-state index is 0.00141. The van der Waals surface area contributed by atoms with Crippen molar-refractivity contribution in [3.05, 3.63) is 0 Å². The van der Waals surface area contributed by atoms with Crippen LogP contribution >= 0.6 is 0 Å². The zero-order valence-electron chi connectivity index (χ0n) is 12.0. The van der Waals surface area contributed by atoms with E-state index in [2.05, 4.69) is 17.6 Å². The fourth-order valence-corrected chi connectivity index (χ4v) is 6.10. The van der Waals surface area contributed by atoms with E-state index in [4.69, 9.17) is 0 Å². The van der Waals surface area contributed by atoms with Crippen LogP contribution in [-0.2, 0) is 4.79 Å². The van der Waals surface area contributed by atoms with Crippen molar-refractivity contribution in [2.24, 2.45) is 22.7 Å². The number of rotatable bonds is 2. The largest absolute Gasteiger partial charge is 0.352 e. The highest BCUT2D eigenvalue weighted by Crippen LogP contribution is 2.65. The molecule has 106 valence electrons. The molecule has 19 heavy (non-hydrogen) atoms. The highest BCUT2D eigenvalue weighted by atomic mass is 16.2. The summed E-state index contributed by atoms with van der Waals surface area (Å²) in [5.41, 5.74) is 0.469. The van der Waals surface area contributed by atoms with E-state index in [9.17, 15) is 4.79 Å². The molecule has 0 radical (unpaired) electrons. The molecule has 5 aliphatic rings. The predicted molar refractivity (Wildman–Crippen MR) is 74.6 cm³/mol. The Morgan fingerprint density at radius 1 is 1.21 bits per heavy atom. The van der Waals surface area contributed by atoms with Crippen LogP contribution < -0.4 is 10.6 Å². The first-order valence-corrected chi connectivity index (χ1v) is 8.09. The number of hydrogen-bond donors (Lipinski definition) is 2. The standard InChI is InChI=1S/C16H26N2O/c1-15-5-11-4-12(6-15)8-16(7-11,10-15)14(19)18-13-2-3-17-9-13/h11-13,17H,2-10H2,1H3,(H,18,19)/t11?,12?,13-,15?,16?/m0/s1. The molecule has 2 N–H and O–H groups in total. The molecule has 0 aromatic carbocycles. The van der Waals surface area contributed by atoms with Crippen LogP contribution in [0.15, 0.2) is 0 Å². The van der Waals surface area contributed by atoms with Gasteiger partial charge in [-0.25, -0.2) is 0 Å². The summed E-state index contributed by atoms with van der Waals surface area (Å²) in [4.78, 5) is 12.9. The molecule has 1 aliphatic heterocycles. The third-order valence-electron chi connectivity index (χ3n) is 6.23. The summed E-state index contributed by atoms with van der Waals surface area (Å²) in [5.74, 6) is 2.05. The maximum absolute atomic E-state index is 12.9. The van der Waals surface area contributed by atoms with E-state index in [-0.39, 0.29) is 5.41 Å². The van der Waals surface area contributed by atoms with Gasteiger partial charge in [0, 0.05) is 12.6 Å². The number of hydrogen-bond acceptors (Lipinski definition) is 2. The summed E-state index contributed by atoms with van der Waals surface area (Å²) in [6.45, 7) is 4.45. The molecule has 4 aliphatic carbocycles. The highest BCUT2D eigenvalue weighted by molar-refractivity contribution is 5.83. The molecule has 5 rings (SSSR count). The Bertz CT molecular complexity index is 386. The Kier molecular flexibility index (Phi) is 2.55. The van der Waals surface area contributed by atoms with Crippen molar-refractivity contribution in [2.45, 2.75) is 57.9 Å². The molecule has 4 saturated carbocycles. The van der Waals surface area contributed by atoms with Crippen molar-refractivity contribution in [2.75, 3.05) is 13.1 Å². The van der Waals surface area contributed by atoms with Gasteiger partial charge in [-0.05, 0) is 68.7 Å². The third kappa shape index (κ3) is 1.93. The Morgan fingerprint density at radius 3 is 2.53 bits per heavy atom. The van der Waals surface area contributed by atoms with Crippen LogP contribution in [0.1, 0.15) is 51.9 Å². The first kappa shape index (κ1) is 12.2. The molecule has 1 saturated heterocycles. The molecule has 1 heterocycles. The van der Waals surface area contributed by atoms with Gasteiger partial charge in [-0.15, -0.1) is 0 Å². The van der Waals surface area contributed by atoms with Crippen molar-refractivity contribution in [1.82, 2.24) is 10.6 Å². The summed E-state index contributed by atoms with van der Waals surface area (Å²) in [6, 6.07) is 0.383. The maximum atomic E-state index is 12.9. The Labute approximate surface area is 115 Å². The average Bonchev–Trinajstić information content (AvgIpc) is 2.78. The number of carbonyl (C=O) groups is 1. The van der Waals surface area contributed by atoms with Gasteiger partial charge in [0.1, 0.15) is 0 Å². The predicted octanol–water partition coefficient (Wildman–Crippen LogP) is 2.07. The van der Waals surface area contributed by atoms with Gasteiger partial charge in [-0.2, -0.15) is 0 Å². The van der Waals surface area contributed by atoms with Gasteiger partial charge in [0.15, 0.2) is 0 Å². The van der Waals surface area contributed by atoms with Crippen LogP contribution in [0.4, 0.5) is 0 Å². The summed E-state index contributed by atoms with van der Waals surface area (Å²) in [7, 11) is 0. The molecule has 1 amide bonds. The second-order valence-electron chi connectivity index (χ2n) is 8.22. The summed E-state index contributed by atoms with van der Waals surface area (Å²) >= 11 is 0. The summed E-state index contributed by atoms with van der Waals surface area (Å²) < 4.78 is 0. The smallest absolute Gasteiger partial charge is 0.226 e. The molecule has 0 aromatic heterocycles. The van der Waals surface area contributed by atoms with E-state index in [1.54, 1.807) is 0 Å². The first-order chi connectivity index (χ1) is 9.07. The van der Waals surface area contributed by atoms with E-state index >= 15 is 0 Å². The monoisotopic (exact) mass is 262 g/mol. The van der Waals surface area contributed by atoms with E-state index < -0.39 is 0 Å². The van der Waals surface area contributed by atoms with E-state index in [0.29, 0.717) is 17.4 Å². The lowest BCUT2D eigenvalue weighted by Crippen LogP contribution is -2.58. The van der Waals surface area contributed by atoms with Crippen molar-refractivity contribution >= 4 is 5.91 Å². The van der Waals surface area contributed by atoms with Gasteiger partial charge in [-0.3, -0.25) is 4.79 Å². The highest BCUT2D eigenvalue weighted by Gasteiger charge is 2.58. The zero-order chi connectivity index (χ0) is 13.1. The molecule has 2 unspecified atom stereocenters. The molecule has 3 nitrogen and oxygen atoms in total. The number of nitrogens with one attached hydrogen (secondary N) is 2. The van der Waals surface area contributed by atoms with Gasteiger partial charge in [0.05, 0.1) is 5.41 Å². The Hall–Kier alpha value is -0.570. The van der Waals surface area contributed by atoms with Crippen LogP contribution in [0, 0.1) is 22.7 Å². The summed E-state index contributed by atoms with van der Waals surface area (Å²) in [5, 5.41) is 6.70. The minimum atomic E-state index is 0.00141. The van der Waals surface area contributed by atoms with Crippen LogP contribution in [-0.4, -0.2) is 25.0 Å². The van der Waals surface area contributed by atoms with Crippen molar-refractivity contribution in [3.8, 4) is 0 Å². The molecule has 3 heteroatoms. The maximum Gasteiger partial charge on any atom is 0.226 e. The second-order valence-corrected chi connectivity index (χ2v) is 8.22. The van der Waals surface area contributed by atoms with Gasteiger partial charge in [0.25, 0.3) is 0 Å². The second kappa shape index (κ2) is 3.97. The third-order valence-corrected chi connectivity index (χ3v) is 6.23. The molecular weight excluding hydrogens is 236 g/mol. The van der Waals surface area contributed by atoms with E-state index in [1.165, 1.54) is 32.1 Å². The van der Waals surface area contributed by atoms with Crippen LogP contribution in [0.25, 0.3) is 0 Å². The lowest BCUT2D eigenvalue weighted by Gasteiger charge is -2.60. The van der Waals surface area contributed by atoms with Gasteiger partial charge < -0.3 is 10.6 Å². The van der Waals surface area contributed by atoms with Crippen molar-refractivity contribution in [1.29, 1.82) is 0 Å². The molecule has 0 aromatic rings. The van der Waals surface area contributed by atoms with Crippen molar-refractivity contribution < 1.29 is 4.79 Å². The molecule has 5 fully saturated rings. The molecule has 4 bridgehead atoms. The minimum Gasteiger partial charge on any atom is -0.352 e. The quantitative estimate of drug-likeness (QED) is 0.800. The SMILES string of the molecule is CC12CC3CC(C1)CC(C(=O)N[C@H]1CCNC1)(C3)C2. The normalized spacial score (nSPS) is 51.5. The summed E-state index contributed by atoms with van der Waals surface area (Å²) in [6.07, 6.45) is 8.75. The van der Waals surface area contributed by atoms with Crippen LogP contribution in [0.5, 0.6) is 0 Å². The van der Waals surface area contributed by atoms with Gasteiger partial charge >= 0.3 is 0 Å². The average molecular weight is 262 g/mol. The first-order valence-electron chi connectivity index (χ1n) is 8.09. The number of carbonyl (C=O) groups excluding carboxylic acids is 1. The zero-order valence-corrected chi connectivity index (χ0v) is 12.0. The molecule has 0 spiro atoms. The van der Waals surface area contributed by atoms with E-state index in [1.807, 2.05) is 0 Å². The van der Waals surface area contributed by atoms with Crippen LogP contribution in [0.2, 0.25) is 0 Å². The number of amides is 1. The van der Waals surface area contributed by atoms with Crippen LogP contribution in [0.3, 0.4) is 0 Å².